The molecule has 13 heavy (non-hydrogen) atoms. The fourth-order valence-corrected chi connectivity index (χ4v) is 1.15. The van der Waals surface area contributed by atoms with E-state index in [1.165, 1.54) is 12.8 Å². The van der Waals surface area contributed by atoms with Crippen LogP contribution in [0, 0.1) is 5.92 Å². The van der Waals surface area contributed by atoms with Crippen LogP contribution in [0.5, 0.6) is 0 Å². The monoisotopic (exact) mass is 186 g/mol. The van der Waals surface area contributed by atoms with E-state index in [0.717, 1.165) is 0 Å². The Morgan fingerprint density at radius 3 is 2.69 bits per heavy atom. The molecule has 0 saturated heterocycles. The smallest absolute Gasteiger partial charge is 0.407 e. The molecule has 0 aromatic carbocycles. The molecule has 0 radical (unpaired) electrons. The van der Waals surface area contributed by atoms with Gasteiger partial charge < -0.3 is 15.8 Å². The van der Waals surface area contributed by atoms with Crippen LogP contribution in [0.3, 0.4) is 0 Å². The first-order valence-corrected chi connectivity index (χ1v) is 4.79. The molecule has 3 N–H and O–H groups in total. The zero-order valence-corrected chi connectivity index (χ0v) is 8.25. The second-order valence-electron chi connectivity index (χ2n) is 3.84. The van der Waals surface area contributed by atoms with Crippen molar-refractivity contribution in [2.45, 2.75) is 38.8 Å². The maximum Gasteiger partial charge on any atom is 0.407 e. The molecule has 1 unspecified atom stereocenters. The molecule has 1 saturated carbocycles. The SMILES string of the molecule is CC(C)OC(=O)NCC(N)C1CC1. The first-order valence-electron chi connectivity index (χ1n) is 4.79. The number of alkyl carbamates (subject to hydrolysis) is 1. The van der Waals surface area contributed by atoms with Crippen molar-refractivity contribution in [1.29, 1.82) is 0 Å². The number of rotatable bonds is 4. The minimum absolute atomic E-state index is 0.0721. The summed E-state index contributed by atoms with van der Waals surface area (Å²) in [5, 5.41) is 2.65. The highest BCUT2D eigenvalue weighted by atomic mass is 16.6. The molecule has 0 aromatic heterocycles. The summed E-state index contributed by atoms with van der Waals surface area (Å²) in [7, 11) is 0. The van der Waals surface area contributed by atoms with Gasteiger partial charge in [-0.2, -0.15) is 0 Å². The first kappa shape index (κ1) is 10.3. The molecule has 1 rings (SSSR count). The molecule has 1 amide bonds. The van der Waals surface area contributed by atoms with E-state index in [4.69, 9.17) is 10.5 Å². The third-order valence-corrected chi connectivity index (χ3v) is 2.05. The lowest BCUT2D eigenvalue weighted by Gasteiger charge is -2.13. The first-order chi connectivity index (χ1) is 6.09. The van der Waals surface area contributed by atoms with Crippen LogP contribution < -0.4 is 11.1 Å². The zero-order chi connectivity index (χ0) is 9.84. The molecule has 0 aromatic rings. The van der Waals surface area contributed by atoms with Crippen LogP contribution in [0.15, 0.2) is 0 Å². The van der Waals surface area contributed by atoms with Crippen molar-refractivity contribution in [3.05, 3.63) is 0 Å². The van der Waals surface area contributed by atoms with E-state index in [0.29, 0.717) is 12.5 Å². The number of carbonyl (C=O) groups is 1. The lowest BCUT2D eigenvalue weighted by molar-refractivity contribution is 0.115. The Balaban J connectivity index is 2.06. The number of hydrogen-bond acceptors (Lipinski definition) is 3. The van der Waals surface area contributed by atoms with E-state index >= 15 is 0 Å². The van der Waals surface area contributed by atoms with Crippen LogP contribution in [0.4, 0.5) is 4.79 Å². The number of ether oxygens (including phenoxy) is 1. The fraction of sp³-hybridized carbons (Fsp3) is 0.889. The van der Waals surface area contributed by atoms with E-state index in [-0.39, 0.29) is 18.2 Å². The topological polar surface area (TPSA) is 64.3 Å². The Labute approximate surface area is 78.8 Å². The minimum atomic E-state index is -0.369. The van der Waals surface area contributed by atoms with Gasteiger partial charge in [0, 0.05) is 12.6 Å². The number of nitrogens with one attached hydrogen (secondary N) is 1. The van der Waals surface area contributed by atoms with Gasteiger partial charge in [0.25, 0.3) is 0 Å². The predicted molar refractivity (Wildman–Crippen MR) is 50.3 cm³/mol. The van der Waals surface area contributed by atoms with Crippen molar-refractivity contribution in [1.82, 2.24) is 5.32 Å². The van der Waals surface area contributed by atoms with Crippen molar-refractivity contribution in [2.75, 3.05) is 6.54 Å². The quantitative estimate of drug-likeness (QED) is 0.684. The minimum Gasteiger partial charge on any atom is -0.447 e. The molecule has 4 nitrogen and oxygen atoms in total. The van der Waals surface area contributed by atoms with Gasteiger partial charge in [0.2, 0.25) is 0 Å². The largest absolute Gasteiger partial charge is 0.447 e. The lowest BCUT2D eigenvalue weighted by Crippen LogP contribution is -2.39. The van der Waals surface area contributed by atoms with Gasteiger partial charge >= 0.3 is 6.09 Å². The zero-order valence-electron chi connectivity index (χ0n) is 8.25. The third-order valence-electron chi connectivity index (χ3n) is 2.05. The third kappa shape index (κ3) is 4.12. The number of amides is 1. The summed E-state index contributed by atoms with van der Waals surface area (Å²) in [5.74, 6) is 0.611. The highest BCUT2D eigenvalue weighted by Crippen LogP contribution is 2.31. The van der Waals surface area contributed by atoms with Gasteiger partial charge in [-0.1, -0.05) is 0 Å². The highest BCUT2D eigenvalue weighted by molar-refractivity contribution is 5.67. The predicted octanol–water partition coefficient (Wildman–Crippen LogP) is 0.858. The van der Waals surface area contributed by atoms with Gasteiger partial charge in [0.05, 0.1) is 6.10 Å². The highest BCUT2D eigenvalue weighted by Gasteiger charge is 2.28. The molecular formula is C9H18N2O2. The van der Waals surface area contributed by atoms with E-state index in [9.17, 15) is 4.79 Å². The van der Waals surface area contributed by atoms with Gasteiger partial charge in [0.15, 0.2) is 0 Å². The Kier molecular flexibility index (Phi) is 3.54. The second-order valence-corrected chi connectivity index (χ2v) is 3.84. The van der Waals surface area contributed by atoms with Crippen molar-refractivity contribution < 1.29 is 9.53 Å². The molecule has 1 aliphatic rings. The fourth-order valence-electron chi connectivity index (χ4n) is 1.15. The summed E-state index contributed by atoms with van der Waals surface area (Å²) < 4.78 is 4.90. The average Bonchev–Trinajstić information content (AvgIpc) is 2.80. The van der Waals surface area contributed by atoms with Crippen LogP contribution in [-0.4, -0.2) is 24.8 Å². The van der Waals surface area contributed by atoms with E-state index in [1.54, 1.807) is 0 Å². The lowest BCUT2D eigenvalue weighted by atomic mass is 10.2. The van der Waals surface area contributed by atoms with E-state index < -0.39 is 0 Å². The Hall–Kier alpha value is -0.770. The summed E-state index contributed by atoms with van der Waals surface area (Å²) in [6.45, 7) is 4.16. The maximum atomic E-state index is 11.0. The summed E-state index contributed by atoms with van der Waals surface area (Å²) in [6.07, 6.45) is 1.95. The van der Waals surface area contributed by atoms with Crippen molar-refractivity contribution in [3.63, 3.8) is 0 Å². The Bertz CT molecular complexity index is 178. The van der Waals surface area contributed by atoms with Gasteiger partial charge in [-0.15, -0.1) is 0 Å². The molecule has 76 valence electrons. The number of nitrogens with two attached hydrogens (primary N) is 1. The van der Waals surface area contributed by atoms with Crippen LogP contribution in [-0.2, 0) is 4.74 Å². The van der Waals surface area contributed by atoms with Crippen molar-refractivity contribution in [3.8, 4) is 0 Å². The molecule has 0 bridgehead atoms. The molecule has 1 aliphatic carbocycles. The standard InChI is InChI=1S/C9H18N2O2/c1-6(2)13-9(12)11-5-8(10)7-3-4-7/h6-8H,3-5,10H2,1-2H3,(H,11,12). The normalized spacial score (nSPS) is 18.5. The summed E-state index contributed by atoms with van der Waals surface area (Å²) in [5.41, 5.74) is 5.79. The molecule has 0 aliphatic heterocycles. The van der Waals surface area contributed by atoms with Gasteiger partial charge in [-0.25, -0.2) is 4.79 Å². The summed E-state index contributed by atoms with van der Waals surface area (Å²) in [4.78, 5) is 11.0. The van der Waals surface area contributed by atoms with Gasteiger partial charge in [0.1, 0.15) is 0 Å². The number of carbonyl (C=O) groups excluding carboxylic acids is 1. The van der Waals surface area contributed by atoms with E-state index in [2.05, 4.69) is 5.32 Å². The van der Waals surface area contributed by atoms with Crippen LogP contribution in [0.2, 0.25) is 0 Å². The Morgan fingerprint density at radius 2 is 2.23 bits per heavy atom. The molecule has 1 atom stereocenters. The molecule has 4 heteroatoms. The molecule has 1 fully saturated rings. The maximum absolute atomic E-state index is 11.0. The van der Waals surface area contributed by atoms with Crippen molar-refractivity contribution in [2.24, 2.45) is 11.7 Å². The summed E-state index contributed by atoms with van der Waals surface area (Å²) >= 11 is 0. The van der Waals surface area contributed by atoms with Crippen LogP contribution in [0.25, 0.3) is 0 Å². The van der Waals surface area contributed by atoms with Gasteiger partial charge in [-0.05, 0) is 32.6 Å². The van der Waals surface area contributed by atoms with Crippen LogP contribution >= 0.6 is 0 Å². The molecule has 0 spiro atoms. The van der Waals surface area contributed by atoms with Gasteiger partial charge in [-0.3, -0.25) is 0 Å². The summed E-state index contributed by atoms with van der Waals surface area (Å²) in [6, 6.07) is 0.0970. The average molecular weight is 186 g/mol. The Morgan fingerprint density at radius 1 is 1.62 bits per heavy atom. The number of hydrogen-bond donors (Lipinski definition) is 2. The van der Waals surface area contributed by atoms with Crippen molar-refractivity contribution >= 4 is 6.09 Å². The second kappa shape index (κ2) is 4.46. The molecular weight excluding hydrogens is 168 g/mol. The van der Waals surface area contributed by atoms with E-state index in [1.807, 2.05) is 13.8 Å². The molecule has 0 heterocycles. The van der Waals surface area contributed by atoms with Crippen LogP contribution in [0.1, 0.15) is 26.7 Å².